The fourth-order valence-electron chi connectivity index (χ4n) is 4.47. The van der Waals surface area contributed by atoms with Crippen LogP contribution in [-0.2, 0) is 17.8 Å². The molecule has 0 saturated carbocycles. The summed E-state index contributed by atoms with van der Waals surface area (Å²) in [5, 5.41) is 10.8. The molecule has 2 aliphatic rings. The van der Waals surface area contributed by atoms with Crippen molar-refractivity contribution in [1.29, 1.82) is 0 Å². The second-order valence-electron chi connectivity index (χ2n) is 10.4. The molecule has 1 amide bonds. The first kappa shape index (κ1) is 27.6. The van der Waals surface area contributed by atoms with Crippen molar-refractivity contribution in [3.63, 3.8) is 0 Å². The summed E-state index contributed by atoms with van der Waals surface area (Å²) < 4.78 is 30.7. The molecular weight excluding hydrogens is 614 g/mol. The second-order valence-corrected chi connectivity index (χ2v) is 16.2. The molecule has 39 heavy (non-hydrogen) atoms. The van der Waals surface area contributed by atoms with Gasteiger partial charge in [-0.3, -0.25) is 5.10 Å². The second kappa shape index (κ2) is 12.5. The van der Waals surface area contributed by atoms with E-state index in [-0.39, 0.29) is 18.2 Å². The van der Waals surface area contributed by atoms with Crippen LogP contribution in [0.4, 0.5) is 10.4 Å². The van der Waals surface area contributed by atoms with E-state index in [4.69, 9.17) is 9.26 Å². The summed E-state index contributed by atoms with van der Waals surface area (Å²) in [6.45, 7) is 6.99. The number of piperidine rings is 1. The average molecular weight is 651 g/mol. The third kappa shape index (κ3) is 7.37. The number of ether oxygens (including phenoxy) is 1. The van der Waals surface area contributed by atoms with Crippen LogP contribution >= 0.6 is 19.8 Å². The predicted octanol–water partition coefficient (Wildman–Crippen LogP) is 5.10. The van der Waals surface area contributed by atoms with Crippen LogP contribution in [0.15, 0.2) is 44.6 Å². The summed E-state index contributed by atoms with van der Waals surface area (Å²) in [4.78, 5) is 20.8. The maximum absolute atomic E-state index is 14.7. The predicted molar refractivity (Wildman–Crippen MR) is 156 cm³/mol. The van der Waals surface area contributed by atoms with Gasteiger partial charge in [0.15, 0.2) is 0 Å². The van der Waals surface area contributed by atoms with Gasteiger partial charge in [-0.25, -0.2) is 0 Å². The number of hydrogen-bond donors (Lipinski definition) is 1. The van der Waals surface area contributed by atoms with Gasteiger partial charge in [0, 0.05) is 6.20 Å². The number of alkyl halides is 2. The van der Waals surface area contributed by atoms with E-state index in [1.54, 1.807) is 35.9 Å². The summed E-state index contributed by atoms with van der Waals surface area (Å²) in [7, 11) is 1.70. The minimum absolute atomic E-state index is 0.00709. The average Bonchev–Trinajstić information content (AvgIpc) is 3.27. The number of aromatic amines is 1. The zero-order valence-corrected chi connectivity index (χ0v) is 24.9. The standard InChI is InChI=1S/C28H36FIN6O3/c1-19(2)27-32-28(39-34-27)36-11-7-20(8-12-36)16-30-17-22(30)9-13-38-24-5-4-21(25(29)15-24)14-26(37)35(3)18-23-6-10-31-33-23/h4-6,10,15-16,19,22H,7-9,11-14,17-18H2,1-3H3,(H,31,33). The van der Waals surface area contributed by atoms with Gasteiger partial charge in [-0.2, -0.15) is 5.10 Å². The third-order valence-corrected chi connectivity index (χ3v) is 13.0. The van der Waals surface area contributed by atoms with E-state index in [9.17, 15) is 9.18 Å². The fourth-order valence-corrected chi connectivity index (χ4v) is 10.7. The van der Waals surface area contributed by atoms with Gasteiger partial charge in [-0.05, 0) is 6.07 Å². The molecule has 5 rings (SSSR count). The number of nitrogens with zero attached hydrogens (tertiary/aromatic N) is 5. The molecule has 2 fully saturated rings. The van der Waals surface area contributed by atoms with Gasteiger partial charge in [-0.1, -0.05) is 0 Å². The van der Waals surface area contributed by atoms with Crippen LogP contribution in [0.3, 0.4) is 0 Å². The Kier molecular flexibility index (Phi) is 8.83. The van der Waals surface area contributed by atoms with Crippen LogP contribution in [0.25, 0.3) is 0 Å². The van der Waals surface area contributed by atoms with Gasteiger partial charge < -0.3 is 0 Å². The SMILES string of the molecule is CC(C)c1noc(N2CCC(=CI3CC3CCOc3ccc(CC(=O)N(C)Cc4ccn[nH]4)c(F)c3)CC2)n1. The molecule has 0 bridgehead atoms. The number of anilines is 1. The Hall–Kier alpha value is -2.96. The summed E-state index contributed by atoms with van der Waals surface area (Å²) in [5.41, 5.74) is 2.78. The van der Waals surface area contributed by atoms with Crippen molar-refractivity contribution in [3.05, 3.63) is 63.0 Å². The molecule has 1 unspecified atom stereocenters. The van der Waals surface area contributed by atoms with Gasteiger partial charge in [0.25, 0.3) is 0 Å². The number of likely N-dealkylation sites (N-methyl/N-ethyl adjacent to an activating group) is 1. The summed E-state index contributed by atoms with van der Waals surface area (Å²) in [5.74, 6) is 0.986. The van der Waals surface area contributed by atoms with Crippen molar-refractivity contribution in [3.8, 4) is 5.75 Å². The Labute approximate surface area is 235 Å². The fraction of sp³-hybridized carbons (Fsp3) is 0.500. The number of hydrogen-bond acceptors (Lipinski definition) is 7. The molecule has 1 N–H and O–H groups in total. The van der Waals surface area contributed by atoms with E-state index < -0.39 is 25.6 Å². The van der Waals surface area contributed by atoms with Gasteiger partial charge in [-0.15, -0.1) is 0 Å². The molecule has 0 radical (unpaired) electrons. The molecule has 4 heterocycles. The molecule has 9 nitrogen and oxygen atoms in total. The Morgan fingerprint density at radius 2 is 2.15 bits per heavy atom. The van der Waals surface area contributed by atoms with E-state index >= 15 is 0 Å². The Bertz CT molecular complexity index is 1280. The first-order chi connectivity index (χ1) is 18.9. The first-order valence-corrected chi connectivity index (χ1v) is 17.4. The molecule has 2 aromatic heterocycles. The molecule has 2 aliphatic heterocycles. The van der Waals surface area contributed by atoms with Gasteiger partial charge >= 0.3 is 208 Å². The zero-order valence-electron chi connectivity index (χ0n) is 22.7. The van der Waals surface area contributed by atoms with Crippen molar-refractivity contribution in [1.82, 2.24) is 25.2 Å². The monoisotopic (exact) mass is 650 g/mol. The van der Waals surface area contributed by atoms with Gasteiger partial charge in [0.2, 0.25) is 0 Å². The molecule has 1 aromatic carbocycles. The number of nitrogens with one attached hydrogen (secondary N) is 1. The van der Waals surface area contributed by atoms with Crippen molar-refractivity contribution in [2.24, 2.45) is 0 Å². The summed E-state index contributed by atoms with van der Waals surface area (Å²) >= 11 is -1.02. The number of rotatable bonds is 11. The molecule has 0 spiro atoms. The topological polar surface area (TPSA) is 100 Å². The Balaban J connectivity index is 1.01. The number of aromatic nitrogens is 4. The molecule has 11 heteroatoms. The van der Waals surface area contributed by atoms with Gasteiger partial charge in [0.1, 0.15) is 0 Å². The van der Waals surface area contributed by atoms with Crippen LogP contribution in [0, 0.1) is 5.82 Å². The van der Waals surface area contributed by atoms with Gasteiger partial charge in [0.05, 0.1) is 5.69 Å². The molecule has 210 valence electrons. The number of carbonyl (C=O) groups excluding carboxylic acids is 1. The van der Waals surface area contributed by atoms with E-state index in [0.717, 1.165) is 47.8 Å². The first-order valence-electron chi connectivity index (χ1n) is 13.4. The van der Waals surface area contributed by atoms with E-state index in [1.165, 1.54) is 10.5 Å². The van der Waals surface area contributed by atoms with E-state index in [1.807, 2.05) is 6.07 Å². The van der Waals surface area contributed by atoms with Crippen LogP contribution in [-0.4, -0.2) is 66.2 Å². The number of carbonyl (C=O) groups is 1. The zero-order chi connectivity index (χ0) is 27.4. The van der Waals surface area contributed by atoms with Crippen LogP contribution in [0.1, 0.15) is 56.1 Å². The van der Waals surface area contributed by atoms with E-state index in [0.29, 0.717) is 30.5 Å². The van der Waals surface area contributed by atoms with Crippen LogP contribution in [0.5, 0.6) is 5.75 Å². The third-order valence-electron chi connectivity index (χ3n) is 7.02. The normalized spacial score (nSPS) is 18.0. The molecular formula is C28H36FIN6O3. The number of H-pyrrole nitrogens is 1. The molecule has 0 aliphatic carbocycles. The van der Waals surface area contributed by atoms with Crippen molar-refractivity contribution >= 4 is 31.7 Å². The summed E-state index contributed by atoms with van der Waals surface area (Å²) in [6.07, 6.45) is 4.78. The molecule has 2 saturated heterocycles. The molecule has 1 atom stereocenters. The number of amides is 1. The molecule has 3 aromatic rings. The van der Waals surface area contributed by atoms with Crippen molar-refractivity contribution in [2.45, 2.75) is 55.9 Å². The Morgan fingerprint density at radius 1 is 1.33 bits per heavy atom. The number of benzene rings is 1. The van der Waals surface area contributed by atoms with Crippen LogP contribution in [0.2, 0.25) is 0 Å². The maximum atomic E-state index is 14.7. The Morgan fingerprint density at radius 3 is 2.85 bits per heavy atom. The minimum atomic E-state index is -1.02. The quantitative estimate of drug-likeness (QED) is 0.228. The number of halogens is 2. The van der Waals surface area contributed by atoms with Crippen LogP contribution < -0.4 is 9.64 Å². The van der Waals surface area contributed by atoms with E-state index in [2.05, 4.69) is 43.2 Å². The summed E-state index contributed by atoms with van der Waals surface area (Å²) in [6, 6.07) is 7.25. The van der Waals surface area contributed by atoms with Crippen molar-refractivity contribution in [2.75, 3.05) is 36.1 Å². The van der Waals surface area contributed by atoms with Crippen molar-refractivity contribution < 1.29 is 18.4 Å².